The van der Waals surface area contributed by atoms with E-state index in [9.17, 15) is 15.0 Å². The number of hydrogen-bond acceptors (Lipinski definition) is 4. The molecule has 2 N–H and O–H groups in total. The molecular formula is C25H38O4. The molecule has 0 aromatic carbocycles. The van der Waals surface area contributed by atoms with Gasteiger partial charge in [0.05, 0.1) is 18.8 Å². The molecule has 0 heterocycles. The number of carbonyl (C=O) groups is 1. The Morgan fingerprint density at radius 1 is 1.24 bits per heavy atom. The first kappa shape index (κ1) is 22.3. The molecule has 4 nitrogen and oxygen atoms in total. The monoisotopic (exact) mass is 402 g/mol. The van der Waals surface area contributed by atoms with Crippen LogP contribution in [0.3, 0.4) is 0 Å². The van der Waals surface area contributed by atoms with Crippen molar-refractivity contribution in [3.05, 3.63) is 35.5 Å². The Labute approximate surface area is 175 Å². The van der Waals surface area contributed by atoms with Gasteiger partial charge in [-0.25, -0.2) is 4.79 Å². The number of aliphatic hydroxyl groups excluding tert-OH is 2. The van der Waals surface area contributed by atoms with Crippen molar-refractivity contribution < 1.29 is 19.7 Å². The van der Waals surface area contributed by atoms with E-state index in [1.807, 2.05) is 13.0 Å². The average molecular weight is 403 g/mol. The average Bonchev–Trinajstić information content (AvgIpc) is 3.01. The van der Waals surface area contributed by atoms with Crippen molar-refractivity contribution >= 4 is 5.97 Å². The summed E-state index contributed by atoms with van der Waals surface area (Å²) in [6.07, 6.45) is 15.1. The molecule has 4 heteroatoms. The molecule has 6 atom stereocenters. The number of rotatable bonds is 5. The predicted octanol–water partition coefficient (Wildman–Crippen LogP) is 4.72. The van der Waals surface area contributed by atoms with Gasteiger partial charge in [0.1, 0.15) is 0 Å². The summed E-state index contributed by atoms with van der Waals surface area (Å²) < 4.78 is 5.03. The number of ether oxygens (including phenoxy) is 1. The van der Waals surface area contributed by atoms with Crippen LogP contribution in [0.2, 0.25) is 0 Å². The fraction of sp³-hybridized carbons (Fsp3) is 0.720. The maximum atomic E-state index is 11.7. The first-order chi connectivity index (χ1) is 13.8. The molecule has 0 radical (unpaired) electrons. The maximum Gasteiger partial charge on any atom is 0.330 e. The molecule has 0 spiro atoms. The summed E-state index contributed by atoms with van der Waals surface area (Å²) in [4.78, 5) is 11.7. The molecule has 3 aliphatic carbocycles. The Balaban J connectivity index is 1.72. The fourth-order valence-electron chi connectivity index (χ4n) is 6.23. The van der Waals surface area contributed by atoms with Crippen LogP contribution in [0, 0.1) is 23.2 Å². The first-order valence-electron chi connectivity index (χ1n) is 11.4. The van der Waals surface area contributed by atoms with Crippen molar-refractivity contribution in [2.75, 3.05) is 6.61 Å². The van der Waals surface area contributed by atoms with Crippen LogP contribution >= 0.6 is 0 Å². The van der Waals surface area contributed by atoms with E-state index >= 15 is 0 Å². The summed E-state index contributed by atoms with van der Waals surface area (Å²) >= 11 is 0. The maximum absolute atomic E-state index is 11.7. The van der Waals surface area contributed by atoms with Crippen molar-refractivity contribution in [1.29, 1.82) is 0 Å². The molecule has 0 unspecified atom stereocenters. The molecular weight excluding hydrogens is 364 g/mol. The van der Waals surface area contributed by atoms with E-state index in [2.05, 4.69) is 26.0 Å². The van der Waals surface area contributed by atoms with Crippen LogP contribution in [0.1, 0.15) is 72.1 Å². The van der Waals surface area contributed by atoms with Gasteiger partial charge >= 0.3 is 5.97 Å². The van der Waals surface area contributed by atoms with Gasteiger partial charge < -0.3 is 14.9 Å². The molecule has 0 saturated heterocycles. The lowest BCUT2D eigenvalue weighted by atomic mass is 9.61. The van der Waals surface area contributed by atoms with Gasteiger partial charge in [0.15, 0.2) is 0 Å². The van der Waals surface area contributed by atoms with E-state index < -0.39 is 12.2 Å². The molecule has 3 saturated carbocycles. The highest BCUT2D eigenvalue weighted by molar-refractivity contribution is 5.81. The van der Waals surface area contributed by atoms with Gasteiger partial charge in [-0.05, 0) is 81.5 Å². The highest BCUT2D eigenvalue weighted by Crippen LogP contribution is 2.59. The van der Waals surface area contributed by atoms with Crippen molar-refractivity contribution in [2.24, 2.45) is 23.2 Å². The molecule has 0 aromatic heterocycles. The number of allylic oxidation sites excluding steroid dienone is 4. The Kier molecular flexibility index (Phi) is 7.39. The van der Waals surface area contributed by atoms with Gasteiger partial charge in [0, 0.05) is 6.08 Å². The van der Waals surface area contributed by atoms with E-state index in [0.29, 0.717) is 43.6 Å². The van der Waals surface area contributed by atoms with Crippen molar-refractivity contribution in [3.63, 3.8) is 0 Å². The van der Waals surface area contributed by atoms with Crippen LogP contribution in [0.5, 0.6) is 0 Å². The normalized spacial score (nSPS) is 37.6. The minimum Gasteiger partial charge on any atom is -0.463 e. The van der Waals surface area contributed by atoms with Crippen molar-refractivity contribution in [1.82, 2.24) is 0 Å². The minimum absolute atomic E-state index is 0.244. The summed E-state index contributed by atoms with van der Waals surface area (Å²) in [7, 11) is 0. The molecule has 162 valence electrons. The molecule has 3 aliphatic rings. The SMILES string of the molecule is CCOC(=O)/C=C/[C@@H](C)[C@H]1CC[C@H]2/C(=C/C=C3C[C@@H](O)C[C@H](O)C3)CCC[C@]12C. The van der Waals surface area contributed by atoms with Crippen LogP contribution in [0.15, 0.2) is 35.5 Å². The zero-order chi connectivity index (χ0) is 21.0. The summed E-state index contributed by atoms with van der Waals surface area (Å²) in [5.41, 5.74) is 2.97. The molecule has 3 rings (SSSR count). The second kappa shape index (κ2) is 9.61. The van der Waals surface area contributed by atoms with E-state index in [1.165, 1.54) is 31.3 Å². The lowest BCUT2D eigenvalue weighted by Gasteiger charge is -2.44. The zero-order valence-electron chi connectivity index (χ0n) is 18.3. The third-order valence-electron chi connectivity index (χ3n) is 7.57. The molecule has 29 heavy (non-hydrogen) atoms. The largest absolute Gasteiger partial charge is 0.463 e. The fourth-order valence-corrected chi connectivity index (χ4v) is 6.23. The first-order valence-corrected chi connectivity index (χ1v) is 11.4. The summed E-state index contributed by atoms with van der Waals surface area (Å²) in [6, 6.07) is 0. The topological polar surface area (TPSA) is 66.8 Å². The minimum atomic E-state index is -0.414. The number of aliphatic hydroxyl groups is 2. The van der Waals surface area contributed by atoms with E-state index in [0.717, 1.165) is 12.0 Å². The molecule has 0 bridgehead atoms. The number of hydrogen-bond donors (Lipinski definition) is 2. The summed E-state index contributed by atoms with van der Waals surface area (Å²) in [5, 5.41) is 19.9. The smallest absolute Gasteiger partial charge is 0.330 e. The third-order valence-corrected chi connectivity index (χ3v) is 7.57. The highest BCUT2D eigenvalue weighted by atomic mass is 16.5. The lowest BCUT2D eigenvalue weighted by molar-refractivity contribution is -0.137. The second-order valence-electron chi connectivity index (χ2n) is 9.58. The number of fused-ring (bicyclic) bond motifs is 1. The van der Waals surface area contributed by atoms with E-state index in [4.69, 9.17) is 4.74 Å². The molecule has 0 aromatic rings. The number of carbonyl (C=O) groups excluding carboxylic acids is 1. The quantitative estimate of drug-likeness (QED) is 0.516. The molecule has 3 fully saturated rings. The highest BCUT2D eigenvalue weighted by Gasteiger charge is 2.50. The predicted molar refractivity (Wildman–Crippen MR) is 115 cm³/mol. The van der Waals surface area contributed by atoms with Crippen LogP contribution in [-0.4, -0.2) is 35.0 Å². The Bertz CT molecular complexity index is 664. The van der Waals surface area contributed by atoms with Gasteiger partial charge in [-0.15, -0.1) is 0 Å². The van der Waals surface area contributed by atoms with Gasteiger partial charge in [0.2, 0.25) is 0 Å². The second-order valence-corrected chi connectivity index (χ2v) is 9.58. The lowest BCUT2D eigenvalue weighted by Crippen LogP contribution is -2.35. The Hall–Kier alpha value is -1.39. The van der Waals surface area contributed by atoms with Crippen LogP contribution in [0.25, 0.3) is 0 Å². The van der Waals surface area contributed by atoms with Gasteiger partial charge in [0.25, 0.3) is 0 Å². The van der Waals surface area contributed by atoms with Gasteiger partial charge in [-0.3, -0.25) is 0 Å². The Morgan fingerprint density at radius 2 is 1.97 bits per heavy atom. The van der Waals surface area contributed by atoms with E-state index in [-0.39, 0.29) is 11.4 Å². The van der Waals surface area contributed by atoms with Crippen LogP contribution in [-0.2, 0) is 9.53 Å². The molecule has 0 amide bonds. The van der Waals surface area contributed by atoms with Crippen molar-refractivity contribution in [2.45, 2.75) is 84.3 Å². The summed E-state index contributed by atoms with van der Waals surface area (Å²) in [5.74, 6) is 1.28. The Morgan fingerprint density at radius 3 is 2.66 bits per heavy atom. The van der Waals surface area contributed by atoms with Gasteiger partial charge in [-0.1, -0.05) is 43.2 Å². The third kappa shape index (κ3) is 5.21. The van der Waals surface area contributed by atoms with Gasteiger partial charge in [-0.2, -0.15) is 0 Å². The summed E-state index contributed by atoms with van der Waals surface area (Å²) in [6.45, 7) is 6.92. The standard InChI is InChI=1S/C25H38O4/c1-4-29-24(28)12-7-17(2)22-10-11-23-19(6-5-13-25(22,23)3)9-8-18-14-20(26)16-21(27)15-18/h7-9,12,17,20-23,26-27H,4-6,10-11,13-16H2,1-3H3/b12-7+,19-9+/t17-,20-,21-,22-,23+,25-/m1/s1. The number of esters is 1. The van der Waals surface area contributed by atoms with Crippen molar-refractivity contribution in [3.8, 4) is 0 Å². The van der Waals surface area contributed by atoms with Crippen LogP contribution in [0.4, 0.5) is 0 Å². The van der Waals surface area contributed by atoms with E-state index in [1.54, 1.807) is 6.08 Å². The molecule has 0 aliphatic heterocycles. The zero-order valence-corrected chi connectivity index (χ0v) is 18.3. The van der Waals surface area contributed by atoms with Crippen LogP contribution < -0.4 is 0 Å².